The van der Waals surface area contributed by atoms with Crippen LogP contribution >= 0.6 is 12.2 Å². The van der Waals surface area contributed by atoms with Gasteiger partial charge in [-0.25, -0.2) is 0 Å². The molecular formula is C15H21N3OS. The second kappa shape index (κ2) is 6.81. The van der Waals surface area contributed by atoms with Crippen LogP contribution in [-0.2, 0) is 4.79 Å². The summed E-state index contributed by atoms with van der Waals surface area (Å²) in [6.45, 7) is 3.20. The predicted octanol–water partition coefficient (Wildman–Crippen LogP) is 2.07. The minimum absolute atomic E-state index is 0.0116. The van der Waals surface area contributed by atoms with Gasteiger partial charge in [0, 0.05) is 5.69 Å². The minimum atomic E-state index is -0.0116. The molecule has 5 heteroatoms. The van der Waals surface area contributed by atoms with Gasteiger partial charge in [-0.3, -0.25) is 9.69 Å². The molecule has 0 aromatic heterocycles. The van der Waals surface area contributed by atoms with Crippen LogP contribution < -0.4 is 11.1 Å². The fourth-order valence-electron chi connectivity index (χ4n) is 2.59. The second-order valence-electron chi connectivity index (χ2n) is 5.25. The van der Waals surface area contributed by atoms with Crippen LogP contribution in [0, 0.1) is 6.92 Å². The maximum atomic E-state index is 12.2. The molecule has 0 spiro atoms. The fraction of sp³-hybridized carbons (Fsp3) is 0.467. The van der Waals surface area contributed by atoms with Crippen molar-refractivity contribution in [3.05, 3.63) is 29.8 Å². The van der Waals surface area contributed by atoms with Crippen LogP contribution in [0.2, 0.25) is 0 Å². The Morgan fingerprint density at radius 3 is 2.90 bits per heavy atom. The molecule has 1 atom stereocenters. The van der Waals surface area contributed by atoms with Crippen LogP contribution in [0.25, 0.3) is 0 Å². The standard InChI is InChI=1S/C15H21N3OS/c1-11-6-2-3-7-12(11)17-14(19)10-18-9-5-4-8-13(18)15(16)20/h2-3,6-7,13H,4-5,8-10H2,1H3,(H2,16,20)(H,17,19). The van der Waals surface area contributed by atoms with Crippen molar-refractivity contribution in [1.29, 1.82) is 0 Å². The number of rotatable bonds is 4. The molecule has 3 N–H and O–H groups in total. The Morgan fingerprint density at radius 2 is 2.20 bits per heavy atom. The first-order valence-electron chi connectivity index (χ1n) is 6.97. The maximum absolute atomic E-state index is 12.2. The summed E-state index contributed by atoms with van der Waals surface area (Å²) >= 11 is 5.10. The number of nitrogens with one attached hydrogen (secondary N) is 1. The molecule has 1 aliphatic rings. The molecule has 20 heavy (non-hydrogen) atoms. The normalized spacial score (nSPS) is 19.6. The van der Waals surface area contributed by atoms with Gasteiger partial charge in [-0.15, -0.1) is 0 Å². The van der Waals surface area contributed by atoms with Gasteiger partial charge in [0.1, 0.15) is 0 Å². The summed E-state index contributed by atoms with van der Waals surface area (Å²) in [6, 6.07) is 7.82. The molecule has 108 valence electrons. The molecule has 1 unspecified atom stereocenters. The molecule has 0 radical (unpaired) electrons. The summed E-state index contributed by atoms with van der Waals surface area (Å²) in [4.78, 5) is 14.7. The summed E-state index contributed by atoms with van der Waals surface area (Å²) in [7, 11) is 0. The number of carbonyl (C=O) groups excluding carboxylic acids is 1. The summed E-state index contributed by atoms with van der Waals surface area (Å²) in [5.41, 5.74) is 7.69. The van der Waals surface area contributed by atoms with E-state index in [-0.39, 0.29) is 11.9 Å². The highest BCUT2D eigenvalue weighted by Crippen LogP contribution is 2.18. The fourth-order valence-corrected chi connectivity index (χ4v) is 2.86. The highest BCUT2D eigenvalue weighted by atomic mass is 32.1. The van der Waals surface area contributed by atoms with Gasteiger partial charge in [0.25, 0.3) is 0 Å². The van der Waals surface area contributed by atoms with Gasteiger partial charge >= 0.3 is 0 Å². The number of piperidine rings is 1. The van der Waals surface area contributed by atoms with Crippen LogP contribution in [-0.4, -0.2) is 34.9 Å². The van der Waals surface area contributed by atoms with E-state index in [0.29, 0.717) is 11.5 Å². The molecule has 1 heterocycles. The molecule has 1 fully saturated rings. The summed E-state index contributed by atoms with van der Waals surface area (Å²) in [5.74, 6) is -0.0116. The number of aryl methyl sites for hydroxylation is 1. The number of amides is 1. The summed E-state index contributed by atoms with van der Waals surface area (Å²) in [5, 5.41) is 2.95. The molecule has 1 amide bonds. The van der Waals surface area contributed by atoms with E-state index in [1.54, 1.807) is 0 Å². The van der Waals surface area contributed by atoms with Crippen LogP contribution in [0.15, 0.2) is 24.3 Å². The van der Waals surface area contributed by atoms with E-state index in [1.807, 2.05) is 31.2 Å². The Kier molecular flexibility index (Phi) is 5.09. The third kappa shape index (κ3) is 3.77. The number of thiocarbonyl (C=S) groups is 1. The average molecular weight is 291 g/mol. The lowest BCUT2D eigenvalue weighted by Crippen LogP contribution is -2.49. The van der Waals surface area contributed by atoms with Crippen molar-refractivity contribution in [3.8, 4) is 0 Å². The largest absolute Gasteiger partial charge is 0.392 e. The monoisotopic (exact) mass is 291 g/mol. The second-order valence-corrected chi connectivity index (χ2v) is 5.72. The maximum Gasteiger partial charge on any atom is 0.238 e. The number of para-hydroxylation sites is 1. The zero-order valence-electron chi connectivity index (χ0n) is 11.8. The number of anilines is 1. The molecule has 1 aromatic rings. The first kappa shape index (κ1) is 14.9. The van der Waals surface area contributed by atoms with Crippen LogP contribution in [0.1, 0.15) is 24.8 Å². The molecule has 0 aliphatic carbocycles. The Balaban J connectivity index is 1.96. The molecule has 1 aliphatic heterocycles. The average Bonchev–Trinajstić information content (AvgIpc) is 2.41. The van der Waals surface area contributed by atoms with E-state index < -0.39 is 0 Å². The molecule has 0 saturated carbocycles. The molecule has 2 rings (SSSR count). The van der Waals surface area contributed by atoms with Crippen molar-refractivity contribution in [3.63, 3.8) is 0 Å². The Bertz CT molecular complexity index is 504. The van der Waals surface area contributed by atoms with E-state index in [1.165, 1.54) is 0 Å². The number of carbonyl (C=O) groups is 1. The Hall–Kier alpha value is -1.46. The van der Waals surface area contributed by atoms with Crippen LogP contribution in [0.4, 0.5) is 5.69 Å². The zero-order chi connectivity index (χ0) is 14.5. The van der Waals surface area contributed by atoms with Crippen molar-refractivity contribution in [2.24, 2.45) is 5.73 Å². The summed E-state index contributed by atoms with van der Waals surface area (Å²) < 4.78 is 0. The predicted molar refractivity (Wildman–Crippen MR) is 85.8 cm³/mol. The van der Waals surface area contributed by atoms with Gasteiger partial charge in [-0.1, -0.05) is 36.8 Å². The van der Waals surface area contributed by atoms with E-state index >= 15 is 0 Å². The van der Waals surface area contributed by atoms with E-state index in [9.17, 15) is 4.79 Å². The van der Waals surface area contributed by atoms with Crippen LogP contribution in [0.3, 0.4) is 0 Å². The lowest BCUT2D eigenvalue weighted by Gasteiger charge is -2.34. The van der Waals surface area contributed by atoms with E-state index in [4.69, 9.17) is 18.0 Å². The smallest absolute Gasteiger partial charge is 0.238 e. The highest BCUT2D eigenvalue weighted by Gasteiger charge is 2.26. The van der Waals surface area contributed by atoms with Crippen molar-refractivity contribution >= 4 is 28.8 Å². The van der Waals surface area contributed by atoms with Crippen molar-refractivity contribution in [2.45, 2.75) is 32.2 Å². The van der Waals surface area contributed by atoms with Crippen molar-refractivity contribution in [1.82, 2.24) is 4.90 Å². The number of likely N-dealkylation sites (tertiary alicyclic amines) is 1. The Labute approximate surface area is 125 Å². The van der Waals surface area contributed by atoms with Crippen LogP contribution in [0.5, 0.6) is 0 Å². The topological polar surface area (TPSA) is 58.4 Å². The molecule has 0 bridgehead atoms. The van der Waals surface area contributed by atoms with E-state index in [2.05, 4.69) is 10.2 Å². The quantitative estimate of drug-likeness (QED) is 0.834. The lowest BCUT2D eigenvalue weighted by atomic mass is 10.0. The summed E-state index contributed by atoms with van der Waals surface area (Å²) in [6.07, 6.45) is 3.17. The number of benzene rings is 1. The van der Waals surface area contributed by atoms with Gasteiger partial charge in [-0.05, 0) is 37.9 Å². The number of hydrogen-bond donors (Lipinski definition) is 2. The van der Waals surface area contributed by atoms with Crippen molar-refractivity contribution in [2.75, 3.05) is 18.4 Å². The molecular weight excluding hydrogens is 270 g/mol. The molecule has 1 aromatic carbocycles. The van der Waals surface area contributed by atoms with E-state index in [0.717, 1.165) is 37.1 Å². The number of hydrogen-bond acceptors (Lipinski definition) is 3. The highest BCUT2D eigenvalue weighted by molar-refractivity contribution is 7.80. The first-order valence-corrected chi connectivity index (χ1v) is 7.37. The first-order chi connectivity index (χ1) is 9.58. The zero-order valence-corrected chi connectivity index (χ0v) is 12.6. The van der Waals surface area contributed by atoms with Gasteiger partial charge in [0.2, 0.25) is 5.91 Å². The molecule has 4 nitrogen and oxygen atoms in total. The number of nitrogens with zero attached hydrogens (tertiary/aromatic N) is 1. The third-order valence-corrected chi connectivity index (χ3v) is 3.98. The Morgan fingerprint density at radius 1 is 1.45 bits per heavy atom. The van der Waals surface area contributed by atoms with Gasteiger partial charge in [0.15, 0.2) is 0 Å². The van der Waals surface area contributed by atoms with Gasteiger partial charge < -0.3 is 11.1 Å². The SMILES string of the molecule is Cc1ccccc1NC(=O)CN1CCCCC1C(N)=S. The van der Waals surface area contributed by atoms with Gasteiger partial charge in [0.05, 0.1) is 17.6 Å². The van der Waals surface area contributed by atoms with Crippen molar-refractivity contribution < 1.29 is 4.79 Å². The van der Waals surface area contributed by atoms with Gasteiger partial charge in [-0.2, -0.15) is 0 Å². The number of nitrogens with two attached hydrogens (primary N) is 1. The molecule has 1 saturated heterocycles. The third-order valence-electron chi connectivity index (χ3n) is 3.71. The minimum Gasteiger partial charge on any atom is -0.392 e. The lowest BCUT2D eigenvalue weighted by molar-refractivity contribution is -0.117.